The van der Waals surface area contributed by atoms with Crippen molar-refractivity contribution in [2.24, 2.45) is 0 Å². The molecule has 0 saturated carbocycles. The molecular weight excluding hydrogens is 262 g/mol. The summed E-state index contributed by atoms with van der Waals surface area (Å²) in [6.07, 6.45) is 0. The molecule has 3 rings (SSSR count). The zero-order chi connectivity index (χ0) is 14.2. The van der Waals surface area contributed by atoms with Crippen LogP contribution in [0.25, 0.3) is 0 Å². The predicted molar refractivity (Wildman–Crippen MR) is 69.6 cm³/mol. The third-order valence-corrected chi connectivity index (χ3v) is 3.06. The number of ether oxygens (including phenoxy) is 2. The highest BCUT2D eigenvalue weighted by Gasteiger charge is 2.38. The maximum Gasteiger partial charge on any atom is 0.269 e. The normalized spacial score (nSPS) is 20.4. The molecular formula is C14H11NO5. The molecule has 0 bridgehead atoms. The second kappa shape index (κ2) is 4.50. The summed E-state index contributed by atoms with van der Waals surface area (Å²) in [5.74, 6) is -0.809. The first kappa shape index (κ1) is 12.4. The van der Waals surface area contributed by atoms with Crippen molar-refractivity contribution < 1.29 is 19.5 Å². The van der Waals surface area contributed by atoms with Crippen molar-refractivity contribution in [2.75, 3.05) is 6.61 Å². The lowest BCUT2D eigenvalue weighted by Gasteiger charge is -2.33. The quantitative estimate of drug-likeness (QED) is 0.670. The van der Waals surface area contributed by atoms with Gasteiger partial charge in [-0.2, -0.15) is 0 Å². The molecule has 0 amide bonds. The van der Waals surface area contributed by atoms with Crippen LogP contribution in [0.2, 0.25) is 0 Å². The average Bonchev–Trinajstić information content (AvgIpc) is 2.47. The maximum atomic E-state index is 10.8. The first-order chi connectivity index (χ1) is 9.58. The van der Waals surface area contributed by atoms with E-state index in [4.69, 9.17) is 9.47 Å². The summed E-state index contributed by atoms with van der Waals surface area (Å²) in [6.45, 7) is -0.134. The third kappa shape index (κ3) is 2.06. The van der Waals surface area contributed by atoms with Crippen molar-refractivity contribution in [1.82, 2.24) is 0 Å². The van der Waals surface area contributed by atoms with Gasteiger partial charge in [0.2, 0.25) is 0 Å². The molecule has 6 nitrogen and oxygen atoms in total. The fourth-order valence-electron chi connectivity index (χ4n) is 2.05. The van der Waals surface area contributed by atoms with Crippen LogP contribution in [0, 0.1) is 10.1 Å². The highest BCUT2D eigenvalue weighted by Crippen LogP contribution is 2.38. The van der Waals surface area contributed by atoms with Gasteiger partial charge in [0.1, 0.15) is 0 Å². The van der Waals surface area contributed by atoms with Gasteiger partial charge < -0.3 is 14.6 Å². The van der Waals surface area contributed by atoms with Crippen molar-refractivity contribution in [1.29, 1.82) is 0 Å². The lowest BCUT2D eigenvalue weighted by molar-refractivity contribution is -0.385. The predicted octanol–water partition coefficient (Wildman–Crippen LogP) is 2.21. The fraction of sp³-hybridized carbons (Fsp3) is 0.143. The zero-order valence-electron chi connectivity index (χ0n) is 10.4. The van der Waals surface area contributed by atoms with Gasteiger partial charge in [0.15, 0.2) is 18.1 Å². The van der Waals surface area contributed by atoms with Crippen LogP contribution in [-0.2, 0) is 5.79 Å². The number of hydrogen-bond donors (Lipinski definition) is 1. The summed E-state index contributed by atoms with van der Waals surface area (Å²) in [5.41, 5.74) is 0.166. The molecule has 0 saturated heterocycles. The topological polar surface area (TPSA) is 81.8 Å². The minimum Gasteiger partial charge on any atom is -0.482 e. The van der Waals surface area contributed by atoms with Crippen LogP contribution < -0.4 is 9.47 Å². The van der Waals surface area contributed by atoms with Gasteiger partial charge in [0.05, 0.1) is 4.92 Å². The lowest BCUT2D eigenvalue weighted by Crippen LogP contribution is -2.42. The van der Waals surface area contributed by atoms with E-state index in [0.717, 1.165) is 0 Å². The van der Waals surface area contributed by atoms with Crippen molar-refractivity contribution >= 4 is 5.69 Å². The van der Waals surface area contributed by atoms with E-state index in [-0.39, 0.29) is 17.9 Å². The first-order valence-electron chi connectivity index (χ1n) is 5.97. The van der Waals surface area contributed by atoms with Crippen LogP contribution in [0.3, 0.4) is 0 Å². The molecule has 2 aromatic rings. The average molecular weight is 273 g/mol. The summed E-state index contributed by atoms with van der Waals surface area (Å²) >= 11 is 0. The molecule has 1 N–H and O–H groups in total. The Bertz CT molecular complexity index is 672. The van der Waals surface area contributed by atoms with E-state index in [0.29, 0.717) is 11.5 Å². The van der Waals surface area contributed by atoms with Gasteiger partial charge in [-0.05, 0) is 12.1 Å². The number of nitro groups is 1. The van der Waals surface area contributed by atoms with Crippen LogP contribution >= 0.6 is 0 Å². The van der Waals surface area contributed by atoms with Crippen LogP contribution in [0.5, 0.6) is 11.5 Å². The number of non-ortho nitro benzene ring substituents is 1. The van der Waals surface area contributed by atoms with E-state index in [1.54, 1.807) is 30.3 Å². The summed E-state index contributed by atoms with van der Waals surface area (Å²) in [7, 11) is 0. The Morgan fingerprint density at radius 2 is 1.90 bits per heavy atom. The molecule has 1 aliphatic heterocycles. The molecule has 1 aliphatic rings. The first-order valence-corrected chi connectivity index (χ1v) is 5.97. The molecule has 0 aliphatic carbocycles. The smallest absolute Gasteiger partial charge is 0.269 e. The maximum absolute atomic E-state index is 10.8. The Kier molecular flexibility index (Phi) is 2.80. The van der Waals surface area contributed by atoms with Crippen LogP contribution in [0.15, 0.2) is 48.5 Å². The Labute approximate surface area is 114 Å². The molecule has 6 heteroatoms. The van der Waals surface area contributed by atoms with E-state index >= 15 is 0 Å². The minimum absolute atomic E-state index is 0.113. The van der Waals surface area contributed by atoms with Crippen LogP contribution in [-0.4, -0.2) is 16.6 Å². The Balaban J connectivity index is 1.98. The van der Waals surface area contributed by atoms with E-state index < -0.39 is 10.7 Å². The molecule has 1 heterocycles. The molecule has 102 valence electrons. The highest BCUT2D eigenvalue weighted by molar-refractivity contribution is 5.43. The van der Waals surface area contributed by atoms with Crippen molar-refractivity contribution in [3.8, 4) is 11.5 Å². The molecule has 0 unspecified atom stereocenters. The van der Waals surface area contributed by atoms with Crippen molar-refractivity contribution in [3.63, 3.8) is 0 Å². The monoisotopic (exact) mass is 273 g/mol. The molecule has 0 fully saturated rings. The van der Waals surface area contributed by atoms with Gasteiger partial charge in [-0.25, -0.2) is 0 Å². The summed E-state index contributed by atoms with van der Waals surface area (Å²) in [6, 6.07) is 12.6. The summed E-state index contributed by atoms with van der Waals surface area (Å²) < 4.78 is 11.0. The van der Waals surface area contributed by atoms with E-state index in [1.807, 2.05) is 0 Å². The Morgan fingerprint density at radius 3 is 2.65 bits per heavy atom. The largest absolute Gasteiger partial charge is 0.482 e. The number of rotatable bonds is 2. The molecule has 0 spiro atoms. The lowest BCUT2D eigenvalue weighted by atomic mass is 10.0. The number of nitro benzene ring substituents is 1. The van der Waals surface area contributed by atoms with Gasteiger partial charge in [-0.1, -0.05) is 24.3 Å². The Morgan fingerprint density at radius 1 is 1.15 bits per heavy atom. The van der Waals surface area contributed by atoms with E-state index in [1.165, 1.54) is 18.2 Å². The molecule has 0 aromatic heterocycles. The van der Waals surface area contributed by atoms with Crippen LogP contribution in [0.4, 0.5) is 5.69 Å². The molecule has 1 atom stereocenters. The molecule has 2 aromatic carbocycles. The number of para-hydroxylation sites is 2. The van der Waals surface area contributed by atoms with Gasteiger partial charge in [-0.3, -0.25) is 10.1 Å². The number of aliphatic hydroxyl groups is 1. The third-order valence-electron chi connectivity index (χ3n) is 3.06. The number of nitrogens with zero attached hydrogens (tertiary/aromatic N) is 1. The second-order valence-electron chi connectivity index (χ2n) is 4.43. The summed E-state index contributed by atoms with van der Waals surface area (Å²) in [5, 5.41) is 21.3. The number of hydrogen-bond acceptors (Lipinski definition) is 5. The number of fused-ring (bicyclic) bond motifs is 1. The summed E-state index contributed by atoms with van der Waals surface area (Å²) in [4.78, 5) is 10.3. The second-order valence-corrected chi connectivity index (χ2v) is 4.43. The van der Waals surface area contributed by atoms with E-state index in [9.17, 15) is 15.2 Å². The molecule has 20 heavy (non-hydrogen) atoms. The standard InChI is InChI=1S/C14H11NO5/c16-14(10-4-3-5-11(8-10)15(17)18)9-19-12-6-1-2-7-13(12)20-14/h1-8,16H,9H2/t14-/m0/s1. The molecule has 0 radical (unpaired) electrons. The SMILES string of the molecule is O=[N+]([O-])c1cccc([C@]2(O)COc3ccccc3O2)c1. The van der Waals surface area contributed by atoms with Crippen molar-refractivity contribution in [2.45, 2.75) is 5.79 Å². The highest BCUT2D eigenvalue weighted by atomic mass is 16.7. The minimum atomic E-state index is -1.74. The van der Waals surface area contributed by atoms with E-state index in [2.05, 4.69) is 0 Å². The van der Waals surface area contributed by atoms with Crippen LogP contribution in [0.1, 0.15) is 5.56 Å². The Hall–Kier alpha value is -2.60. The zero-order valence-corrected chi connectivity index (χ0v) is 10.4. The fourth-order valence-corrected chi connectivity index (χ4v) is 2.05. The van der Waals surface area contributed by atoms with Gasteiger partial charge in [0.25, 0.3) is 11.5 Å². The van der Waals surface area contributed by atoms with Gasteiger partial charge >= 0.3 is 0 Å². The number of benzene rings is 2. The van der Waals surface area contributed by atoms with Crippen molar-refractivity contribution in [3.05, 3.63) is 64.2 Å². The van der Waals surface area contributed by atoms with Gasteiger partial charge in [0, 0.05) is 17.7 Å². The van der Waals surface area contributed by atoms with Gasteiger partial charge in [-0.15, -0.1) is 0 Å².